The van der Waals surface area contributed by atoms with Gasteiger partial charge in [-0.25, -0.2) is 0 Å². The number of aryl methyl sites for hydroxylation is 1. The Balaban J connectivity index is 2.62. The molecule has 0 radical (unpaired) electrons. The van der Waals surface area contributed by atoms with Crippen molar-refractivity contribution in [1.29, 1.82) is 0 Å². The highest BCUT2D eigenvalue weighted by atomic mass is 16.1. The van der Waals surface area contributed by atoms with Crippen LogP contribution in [0.1, 0.15) is 45.2 Å². The van der Waals surface area contributed by atoms with Crippen molar-refractivity contribution >= 4 is 5.91 Å². The van der Waals surface area contributed by atoms with Crippen LogP contribution >= 0.6 is 0 Å². The molecule has 4 heteroatoms. The van der Waals surface area contributed by atoms with Crippen LogP contribution in [0.2, 0.25) is 0 Å². The number of rotatable bonds is 8. The summed E-state index contributed by atoms with van der Waals surface area (Å²) < 4.78 is 2.09. The number of aromatic nitrogens is 1. The second-order valence-corrected chi connectivity index (χ2v) is 5.28. The van der Waals surface area contributed by atoms with Crippen LogP contribution in [0.25, 0.3) is 0 Å². The maximum Gasteiger partial charge on any atom is 0.221 e. The summed E-state index contributed by atoms with van der Waals surface area (Å²) in [7, 11) is 1.67. The first-order valence-electron chi connectivity index (χ1n) is 7.18. The molecule has 0 saturated carbocycles. The van der Waals surface area contributed by atoms with Gasteiger partial charge in [0.15, 0.2) is 0 Å². The number of nitrogens with one attached hydrogen (secondary N) is 2. The first-order chi connectivity index (χ1) is 9.08. The van der Waals surface area contributed by atoms with Crippen molar-refractivity contribution in [2.45, 2.75) is 46.2 Å². The quantitative estimate of drug-likeness (QED) is 0.758. The highest BCUT2D eigenvalue weighted by Gasteiger charge is 2.15. The molecule has 108 valence electrons. The van der Waals surface area contributed by atoms with Gasteiger partial charge in [-0.05, 0) is 30.5 Å². The van der Waals surface area contributed by atoms with Crippen LogP contribution in [0.3, 0.4) is 0 Å². The number of carbonyl (C=O) groups is 1. The highest BCUT2D eigenvalue weighted by molar-refractivity contribution is 5.75. The molecule has 19 heavy (non-hydrogen) atoms. The molecular formula is C15H27N3O. The average Bonchev–Trinajstić information content (AvgIpc) is 2.84. The van der Waals surface area contributed by atoms with Crippen LogP contribution in [0.4, 0.5) is 0 Å². The van der Waals surface area contributed by atoms with Crippen molar-refractivity contribution < 1.29 is 4.79 Å². The molecule has 1 heterocycles. The Kier molecular flexibility index (Phi) is 6.64. The molecule has 0 aliphatic heterocycles. The van der Waals surface area contributed by atoms with Gasteiger partial charge in [0.2, 0.25) is 5.91 Å². The molecule has 1 unspecified atom stereocenters. The largest absolute Gasteiger partial charge is 0.359 e. The molecule has 1 aromatic heterocycles. The smallest absolute Gasteiger partial charge is 0.221 e. The van der Waals surface area contributed by atoms with Crippen LogP contribution in [0, 0.1) is 5.92 Å². The van der Waals surface area contributed by atoms with Crippen molar-refractivity contribution in [3.05, 3.63) is 24.0 Å². The van der Waals surface area contributed by atoms with Crippen LogP contribution < -0.4 is 10.6 Å². The van der Waals surface area contributed by atoms with Gasteiger partial charge in [-0.1, -0.05) is 20.8 Å². The van der Waals surface area contributed by atoms with Gasteiger partial charge in [-0.3, -0.25) is 4.79 Å². The summed E-state index contributed by atoms with van der Waals surface area (Å²) in [5, 5.41) is 6.23. The van der Waals surface area contributed by atoms with Crippen molar-refractivity contribution in [1.82, 2.24) is 15.2 Å². The van der Waals surface area contributed by atoms with Crippen LogP contribution in [0.15, 0.2) is 18.5 Å². The second-order valence-electron chi connectivity index (χ2n) is 5.28. The maximum absolute atomic E-state index is 11.2. The predicted molar refractivity (Wildman–Crippen MR) is 79.0 cm³/mol. The lowest BCUT2D eigenvalue weighted by Crippen LogP contribution is -2.26. The Hall–Kier alpha value is -1.29. The van der Waals surface area contributed by atoms with E-state index in [0.29, 0.717) is 18.4 Å². The summed E-state index contributed by atoms with van der Waals surface area (Å²) in [5.74, 6) is 0.640. The summed E-state index contributed by atoms with van der Waals surface area (Å²) in [6, 6.07) is 2.54. The van der Waals surface area contributed by atoms with E-state index in [0.717, 1.165) is 19.5 Å². The molecule has 0 aromatic carbocycles. The fourth-order valence-corrected chi connectivity index (χ4v) is 2.18. The number of hydrogen-bond acceptors (Lipinski definition) is 2. The summed E-state index contributed by atoms with van der Waals surface area (Å²) in [6.45, 7) is 8.41. The molecule has 4 nitrogen and oxygen atoms in total. The summed E-state index contributed by atoms with van der Waals surface area (Å²) in [6.07, 6.45) is 5.87. The van der Waals surface area contributed by atoms with Crippen molar-refractivity contribution in [3.8, 4) is 0 Å². The zero-order valence-corrected chi connectivity index (χ0v) is 12.6. The molecule has 1 amide bonds. The lowest BCUT2D eigenvalue weighted by atomic mass is 9.98. The Morgan fingerprint density at radius 2 is 2.16 bits per heavy atom. The van der Waals surface area contributed by atoms with Gasteiger partial charge in [0.05, 0.1) is 0 Å². The molecule has 1 aromatic rings. The first kappa shape index (κ1) is 15.8. The number of hydrogen-bond donors (Lipinski definition) is 2. The summed E-state index contributed by atoms with van der Waals surface area (Å²) in [4.78, 5) is 11.2. The second kappa shape index (κ2) is 8.00. The highest BCUT2D eigenvalue weighted by Crippen LogP contribution is 2.22. The average molecular weight is 265 g/mol. The van der Waals surface area contributed by atoms with Crippen LogP contribution in [-0.2, 0) is 11.3 Å². The standard InChI is InChI=1S/C15H27N3O/c1-5-8-17-15(12(2)3)13-6-9-18(11-13)10-7-14(19)16-4/h6,9,11-12,15,17H,5,7-8,10H2,1-4H3,(H,16,19). The monoisotopic (exact) mass is 265 g/mol. The molecule has 2 N–H and O–H groups in total. The SMILES string of the molecule is CCCNC(c1ccn(CCC(=O)NC)c1)C(C)C. The third-order valence-corrected chi connectivity index (χ3v) is 3.29. The van der Waals surface area contributed by atoms with E-state index < -0.39 is 0 Å². The third kappa shape index (κ3) is 5.07. The fraction of sp³-hybridized carbons (Fsp3) is 0.667. The van der Waals surface area contributed by atoms with Gasteiger partial charge in [0, 0.05) is 38.4 Å². The van der Waals surface area contributed by atoms with Crippen molar-refractivity contribution in [2.24, 2.45) is 5.92 Å². The van der Waals surface area contributed by atoms with Crippen LogP contribution in [-0.4, -0.2) is 24.1 Å². The topological polar surface area (TPSA) is 46.1 Å². The minimum atomic E-state index is 0.0831. The molecule has 1 atom stereocenters. The van der Waals surface area contributed by atoms with Gasteiger partial charge in [-0.15, -0.1) is 0 Å². The summed E-state index contributed by atoms with van der Waals surface area (Å²) >= 11 is 0. The maximum atomic E-state index is 11.2. The molecule has 0 aliphatic carbocycles. The molecule has 1 rings (SSSR count). The van der Waals surface area contributed by atoms with Crippen molar-refractivity contribution in [3.63, 3.8) is 0 Å². The lowest BCUT2D eigenvalue weighted by Gasteiger charge is -2.21. The number of nitrogens with zero attached hydrogens (tertiary/aromatic N) is 1. The minimum absolute atomic E-state index is 0.0831. The Morgan fingerprint density at radius 1 is 1.42 bits per heavy atom. The van der Waals surface area contributed by atoms with E-state index in [1.165, 1.54) is 5.56 Å². The van der Waals surface area contributed by atoms with E-state index in [9.17, 15) is 4.79 Å². The lowest BCUT2D eigenvalue weighted by molar-refractivity contribution is -0.120. The zero-order chi connectivity index (χ0) is 14.3. The van der Waals surface area contributed by atoms with E-state index in [-0.39, 0.29) is 5.91 Å². The fourth-order valence-electron chi connectivity index (χ4n) is 2.18. The molecule has 0 aliphatic rings. The zero-order valence-electron chi connectivity index (χ0n) is 12.6. The van der Waals surface area contributed by atoms with Gasteiger partial charge < -0.3 is 15.2 Å². The Morgan fingerprint density at radius 3 is 2.74 bits per heavy atom. The Labute approximate surface area is 116 Å². The molecule has 0 bridgehead atoms. The van der Waals surface area contributed by atoms with E-state index in [1.807, 2.05) is 0 Å². The van der Waals surface area contributed by atoms with Crippen molar-refractivity contribution in [2.75, 3.05) is 13.6 Å². The predicted octanol–water partition coefficient (Wildman–Crippen LogP) is 2.32. The molecule has 0 spiro atoms. The van der Waals surface area contributed by atoms with E-state index in [4.69, 9.17) is 0 Å². The van der Waals surface area contributed by atoms with Gasteiger partial charge in [0.1, 0.15) is 0 Å². The molecular weight excluding hydrogens is 238 g/mol. The normalized spacial score (nSPS) is 12.7. The van der Waals surface area contributed by atoms with E-state index >= 15 is 0 Å². The minimum Gasteiger partial charge on any atom is -0.359 e. The molecule has 0 fully saturated rings. The number of amides is 1. The van der Waals surface area contributed by atoms with Gasteiger partial charge >= 0.3 is 0 Å². The number of carbonyl (C=O) groups excluding carboxylic acids is 1. The van der Waals surface area contributed by atoms with Gasteiger partial charge in [-0.2, -0.15) is 0 Å². The third-order valence-electron chi connectivity index (χ3n) is 3.29. The summed E-state index contributed by atoms with van der Waals surface area (Å²) in [5.41, 5.74) is 1.31. The van der Waals surface area contributed by atoms with E-state index in [1.54, 1.807) is 7.05 Å². The van der Waals surface area contributed by atoms with Gasteiger partial charge in [0.25, 0.3) is 0 Å². The molecule has 0 saturated heterocycles. The Bertz CT molecular complexity index is 384. The van der Waals surface area contributed by atoms with Crippen LogP contribution in [0.5, 0.6) is 0 Å². The van der Waals surface area contributed by atoms with E-state index in [2.05, 4.69) is 54.4 Å². The first-order valence-corrected chi connectivity index (χ1v) is 7.18.